The van der Waals surface area contributed by atoms with Crippen LogP contribution in [0.5, 0.6) is 0 Å². The van der Waals surface area contributed by atoms with E-state index in [0.29, 0.717) is 19.3 Å². The molecule has 0 aliphatic rings. The summed E-state index contributed by atoms with van der Waals surface area (Å²) in [4.78, 5) is 38.3. The lowest BCUT2D eigenvalue weighted by Gasteiger charge is -2.18. The van der Waals surface area contributed by atoms with Crippen molar-refractivity contribution in [3.05, 3.63) is 85.1 Å². The van der Waals surface area contributed by atoms with Gasteiger partial charge in [0.05, 0.1) is 0 Å². The van der Waals surface area contributed by atoms with E-state index in [9.17, 15) is 14.4 Å². The summed E-state index contributed by atoms with van der Waals surface area (Å²) in [7, 11) is 0. The van der Waals surface area contributed by atoms with Crippen LogP contribution in [0.4, 0.5) is 0 Å². The highest BCUT2D eigenvalue weighted by atomic mass is 16.6. The van der Waals surface area contributed by atoms with Crippen LogP contribution in [0.2, 0.25) is 0 Å². The molecule has 6 heteroatoms. The third-order valence-corrected chi connectivity index (χ3v) is 13.9. The Morgan fingerprint density at radius 2 is 0.520 bits per heavy atom. The minimum absolute atomic E-state index is 0.0785. The molecule has 0 N–H and O–H groups in total. The molecule has 0 aliphatic heterocycles. The second-order valence-electron chi connectivity index (χ2n) is 21.3. The average Bonchev–Trinajstić information content (AvgIpc) is 3.41. The Kier molecular flexibility index (Phi) is 60.3. The van der Waals surface area contributed by atoms with Crippen molar-refractivity contribution in [3.63, 3.8) is 0 Å². The molecule has 432 valence electrons. The first-order valence-electron chi connectivity index (χ1n) is 32.1. The zero-order valence-electron chi connectivity index (χ0n) is 49.6. The second-order valence-corrected chi connectivity index (χ2v) is 21.3. The number of hydrogen-bond acceptors (Lipinski definition) is 6. The van der Waals surface area contributed by atoms with Crippen LogP contribution in [0.3, 0.4) is 0 Å². The van der Waals surface area contributed by atoms with E-state index in [1.54, 1.807) is 0 Å². The highest BCUT2D eigenvalue weighted by Gasteiger charge is 2.19. The fourth-order valence-corrected chi connectivity index (χ4v) is 9.09. The number of carbonyl (C=O) groups is 3. The zero-order chi connectivity index (χ0) is 54.3. The van der Waals surface area contributed by atoms with Crippen molar-refractivity contribution in [2.45, 2.75) is 322 Å². The zero-order valence-corrected chi connectivity index (χ0v) is 49.6. The van der Waals surface area contributed by atoms with Crippen LogP contribution in [0, 0.1) is 0 Å². The maximum Gasteiger partial charge on any atom is 0.306 e. The van der Waals surface area contributed by atoms with Crippen LogP contribution in [-0.2, 0) is 28.6 Å². The number of unbranched alkanes of at least 4 members (excludes halogenated alkanes) is 33. The number of rotatable bonds is 58. The van der Waals surface area contributed by atoms with Gasteiger partial charge >= 0.3 is 17.9 Å². The molecule has 0 radical (unpaired) electrons. The van der Waals surface area contributed by atoms with Crippen LogP contribution in [-0.4, -0.2) is 37.2 Å². The van der Waals surface area contributed by atoms with Crippen molar-refractivity contribution in [1.82, 2.24) is 0 Å². The van der Waals surface area contributed by atoms with Crippen LogP contribution in [0.25, 0.3) is 0 Å². The highest BCUT2D eigenvalue weighted by molar-refractivity contribution is 5.71. The molecular formula is C69H120O6. The standard InChI is InChI=1S/C69H120O6/c1-4-7-10-13-16-19-22-25-27-28-29-30-31-32-33-34-35-36-37-38-39-40-42-44-47-50-53-56-59-62-68(71)74-65-66(64-73-67(70)61-58-55-52-49-46-43-24-21-18-15-12-9-6-3)75-69(72)63-60-57-54-51-48-45-41-26-23-20-17-14-11-8-5-2/h7,10,16-17,19-20,25-27,29-30,32-33,41,66H,4-6,8-9,11-15,18,21-24,28,31,34-40,42-65H2,1-3H3/b10-7-,19-16-,20-17-,27-25-,30-29-,33-32-,41-26-. The van der Waals surface area contributed by atoms with Crippen LogP contribution in [0.15, 0.2) is 85.1 Å². The Morgan fingerprint density at radius 3 is 0.840 bits per heavy atom. The summed E-state index contributed by atoms with van der Waals surface area (Å²) >= 11 is 0. The smallest absolute Gasteiger partial charge is 0.306 e. The summed E-state index contributed by atoms with van der Waals surface area (Å²) in [5.41, 5.74) is 0. The lowest BCUT2D eigenvalue weighted by molar-refractivity contribution is -0.167. The molecule has 0 aromatic heterocycles. The first kappa shape index (κ1) is 71.6. The summed E-state index contributed by atoms with van der Waals surface area (Å²) in [5.74, 6) is -0.881. The Bertz CT molecular complexity index is 1430. The van der Waals surface area contributed by atoms with Gasteiger partial charge in [-0.15, -0.1) is 0 Å². The van der Waals surface area contributed by atoms with Crippen LogP contribution in [0.1, 0.15) is 316 Å². The lowest BCUT2D eigenvalue weighted by atomic mass is 10.0. The molecule has 0 bridgehead atoms. The summed E-state index contributed by atoms with van der Waals surface area (Å²) < 4.78 is 16.9. The van der Waals surface area contributed by atoms with Gasteiger partial charge < -0.3 is 14.2 Å². The minimum Gasteiger partial charge on any atom is -0.462 e. The molecule has 0 amide bonds. The van der Waals surface area contributed by atoms with Gasteiger partial charge in [0.15, 0.2) is 6.10 Å². The normalized spacial score (nSPS) is 12.6. The second kappa shape index (κ2) is 63.1. The predicted molar refractivity (Wildman–Crippen MR) is 325 cm³/mol. The molecule has 1 unspecified atom stereocenters. The van der Waals surface area contributed by atoms with Gasteiger partial charge in [-0.25, -0.2) is 0 Å². The van der Waals surface area contributed by atoms with E-state index in [4.69, 9.17) is 14.2 Å². The lowest BCUT2D eigenvalue weighted by Crippen LogP contribution is -2.30. The molecule has 0 rings (SSSR count). The molecule has 0 saturated carbocycles. The van der Waals surface area contributed by atoms with Crippen molar-refractivity contribution in [3.8, 4) is 0 Å². The minimum atomic E-state index is -0.782. The van der Waals surface area contributed by atoms with Crippen molar-refractivity contribution < 1.29 is 28.6 Å². The van der Waals surface area contributed by atoms with Gasteiger partial charge in [0, 0.05) is 19.3 Å². The molecule has 0 fully saturated rings. The maximum absolute atomic E-state index is 12.9. The van der Waals surface area contributed by atoms with Crippen molar-refractivity contribution in [1.29, 1.82) is 0 Å². The Labute approximate surface area is 465 Å². The van der Waals surface area contributed by atoms with Gasteiger partial charge in [-0.1, -0.05) is 286 Å². The van der Waals surface area contributed by atoms with Crippen LogP contribution < -0.4 is 0 Å². The predicted octanol–water partition coefficient (Wildman–Crippen LogP) is 21.9. The van der Waals surface area contributed by atoms with Gasteiger partial charge in [-0.2, -0.15) is 0 Å². The van der Waals surface area contributed by atoms with E-state index in [1.165, 1.54) is 161 Å². The summed E-state index contributed by atoms with van der Waals surface area (Å²) in [6, 6.07) is 0. The first-order chi connectivity index (χ1) is 37.0. The van der Waals surface area contributed by atoms with E-state index in [2.05, 4.69) is 106 Å². The fourth-order valence-electron chi connectivity index (χ4n) is 9.09. The van der Waals surface area contributed by atoms with E-state index >= 15 is 0 Å². The quantitative estimate of drug-likeness (QED) is 0.0261. The average molecular weight is 1050 g/mol. The first-order valence-corrected chi connectivity index (χ1v) is 32.1. The molecule has 0 aromatic rings. The topological polar surface area (TPSA) is 78.9 Å². The van der Waals surface area contributed by atoms with Crippen LogP contribution >= 0.6 is 0 Å². The maximum atomic E-state index is 12.9. The van der Waals surface area contributed by atoms with E-state index in [-0.39, 0.29) is 31.1 Å². The van der Waals surface area contributed by atoms with Gasteiger partial charge in [-0.3, -0.25) is 14.4 Å². The van der Waals surface area contributed by atoms with Gasteiger partial charge in [0.2, 0.25) is 0 Å². The number of esters is 3. The summed E-state index contributed by atoms with van der Waals surface area (Å²) in [6.07, 6.45) is 83.0. The third-order valence-electron chi connectivity index (χ3n) is 13.9. The summed E-state index contributed by atoms with van der Waals surface area (Å²) in [6.45, 7) is 6.52. The Balaban J connectivity index is 4.23. The number of ether oxygens (including phenoxy) is 3. The fraction of sp³-hybridized carbons (Fsp3) is 0.754. The molecule has 6 nitrogen and oxygen atoms in total. The molecule has 0 aromatic carbocycles. The van der Waals surface area contributed by atoms with Crippen molar-refractivity contribution in [2.75, 3.05) is 13.2 Å². The van der Waals surface area contributed by atoms with Crippen molar-refractivity contribution >= 4 is 17.9 Å². The number of allylic oxidation sites excluding steroid dienone is 14. The van der Waals surface area contributed by atoms with Gasteiger partial charge in [-0.05, 0) is 96.3 Å². The molecule has 1 atom stereocenters. The number of hydrogen-bond donors (Lipinski definition) is 0. The van der Waals surface area contributed by atoms with E-state index in [0.717, 1.165) is 116 Å². The largest absolute Gasteiger partial charge is 0.462 e. The van der Waals surface area contributed by atoms with Gasteiger partial charge in [0.1, 0.15) is 13.2 Å². The van der Waals surface area contributed by atoms with E-state index < -0.39 is 6.10 Å². The Hall–Kier alpha value is -3.41. The molecule has 0 saturated heterocycles. The molecule has 0 heterocycles. The molecular weight excluding hydrogens is 925 g/mol. The van der Waals surface area contributed by atoms with Gasteiger partial charge in [0.25, 0.3) is 0 Å². The SMILES string of the molecule is CC/C=C\C/C=C\C/C=C\C/C=C\C/C=C\CCCCCCCCCCCCCCCC(=O)OCC(COC(=O)CCCCCCCCCCCCCCC)OC(=O)CCCCCCC/C=C\C/C=C\CCCCC. The Morgan fingerprint density at radius 1 is 0.280 bits per heavy atom. The molecule has 0 aliphatic carbocycles. The monoisotopic (exact) mass is 1040 g/mol. The highest BCUT2D eigenvalue weighted by Crippen LogP contribution is 2.17. The summed E-state index contributed by atoms with van der Waals surface area (Å²) in [5, 5.41) is 0. The van der Waals surface area contributed by atoms with E-state index in [1.807, 2.05) is 0 Å². The molecule has 0 spiro atoms. The molecule has 75 heavy (non-hydrogen) atoms. The third kappa shape index (κ3) is 61.3. The number of carbonyl (C=O) groups excluding carboxylic acids is 3. The van der Waals surface area contributed by atoms with Crippen molar-refractivity contribution in [2.24, 2.45) is 0 Å².